The van der Waals surface area contributed by atoms with E-state index in [1.807, 2.05) is 42.5 Å². The zero-order valence-electron chi connectivity index (χ0n) is 16.9. The van der Waals surface area contributed by atoms with Gasteiger partial charge in [-0.3, -0.25) is 4.90 Å². The maximum absolute atomic E-state index is 6.12. The Kier molecular flexibility index (Phi) is 5.55. The average Bonchev–Trinajstić information content (AvgIpc) is 3.09. The molecule has 1 fully saturated rings. The lowest BCUT2D eigenvalue weighted by Gasteiger charge is -2.31. The van der Waals surface area contributed by atoms with Crippen LogP contribution in [0.3, 0.4) is 0 Å². The molecular weight excluding hydrogens is 376 g/mol. The molecule has 0 aromatic heterocycles. The van der Waals surface area contributed by atoms with Gasteiger partial charge in [-0.2, -0.15) is 0 Å². The molecule has 2 heterocycles. The number of para-hydroxylation sites is 1. The minimum Gasteiger partial charge on any atom is -0.457 e. The summed E-state index contributed by atoms with van der Waals surface area (Å²) in [5, 5.41) is 3.51. The molecule has 1 atom stereocenters. The van der Waals surface area contributed by atoms with Gasteiger partial charge in [0.05, 0.1) is 6.04 Å². The van der Waals surface area contributed by atoms with Gasteiger partial charge in [0.25, 0.3) is 0 Å². The molecular formula is C25H26N2O3. The highest BCUT2D eigenvalue weighted by Gasteiger charge is 2.26. The summed E-state index contributed by atoms with van der Waals surface area (Å²) in [7, 11) is 0. The van der Waals surface area contributed by atoms with Crippen LogP contribution >= 0.6 is 0 Å². The van der Waals surface area contributed by atoms with Crippen molar-refractivity contribution in [1.29, 1.82) is 0 Å². The Labute approximate surface area is 177 Å². The van der Waals surface area contributed by atoms with Gasteiger partial charge in [0.1, 0.15) is 11.5 Å². The number of hydrogen-bond acceptors (Lipinski definition) is 5. The molecule has 5 rings (SSSR count). The topological polar surface area (TPSA) is 43.0 Å². The third-order valence-corrected chi connectivity index (χ3v) is 5.60. The quantitative estimate of drug-likeness (QED) is 0.676. The van der Waals surface area contributed by atoms with Crippen LogP contribution < -0.4 is 19.5 Å². The highest BCUT2D eigenvalue weighted by molar-refractivity contribution is 5.48. The first-order valence-electron chi connectivity index (χ1n) is 10.5. The highest BCUT2D eigenvalue weighted by atomic mass is 16.7. The van der Waals surface area contributed by atoms with Crippen LogP contribution in [0, 0.1) is 0 Å². The van der Waals surface area contributed by atoms with Crippen molar-refractivity contribution in [3.8, 4) is 23.0 Å². The van der Waals surface area contributed by atoms with Crippen molar-refractivity contribution in [3.63, 3.8) is 0 Å². The molecule has 2 aliphatic heterocycles. The Balaban J connectivity index is 1.50. The SMILES string of the molecule is c1ccc(Oc2cccc(C(c3ccc4c(c3)OCO4)N3CCCNCC3)c2)cc1. The number of rotatable bonds is 5. The zero-order chi connectivity index (χ0) is 20.2. The minimum absolute atomic E-state index is 0.124. The summed E-state index contributed by atoms with van der Waals surface area (Å²) in [4.78, 5) is 2.54. The first-order valence-corrected chi connectivity index (χ1v) is 10.5. The zero-order valence-corrected chi connectivity index (χ0v) is 16.9. The van der Waals surface area contributed by atoms with Crippen molar-refractivity contribution in [3.05, 3.63) is 83.9 Å². The van der Waals surface area contributed by atoms with E-state index in [9.17, 15) is 0 Å². The van der Waals surface area contributed by atoms with Gasteiger partial charge in [-0.25, -0.2) is 0 Å². The summed E-state index contributed by atoms with van der Waals surface area (Å²) < 4.78 is 17.3. The fourth-order valence-electron chi connectivity index (χ4n) is 4.19. The van der Waals surface area contributed by atoms with E-state index in [0.717, 1.165) is 55.6 Å². The van der Waals surface area contributed by atoms with Gasteiger partial charge in [-0.15, -0.1) is 0 Å². The average molecular weight is 402 g/mol. The summed E-state index contributed by atoms with van der Waals surface area (Å²) in [5.74, 6) is 3.32. The van der Waals surface area contributed by atoms with Gasteiger partial charge < -0.3 is 19.5 Å². The standard InChI is InChI=1S/C25H26N2O3/c1-2-7-21(8-3-1)30-22-9-4-6-19(16-22)25(27-14-5-12-26-13-15-27)20-10-11-23-24(17-20)29-18-28-23/h1-4,6-11,16-17,25-26H,5,12-15,18H2. The van der Waals surface area contributed by atoms with E-state index in [-0.39, 0.29) is 12.8 Å². The van der Waals surface area contributed by atoms with Crippen LogP contribution in [0.2, 0.25) is 0 Å². The van der Waals surface area contributed by atoms with Gasteiger partial charge in [0, 0.05) is 19.6 Å². The second-order valence-corrected chi connectivity index (χ2v) is 7.64. The van der Waals surface area contributed by atoms with E-state index >= 15 is 0 Å². The molecule has 3 aromatic carbocycles. The van der Waals surface area contributed by atoms with E-state index in [2.05, 4.69) is 40.5 Å². The second-order valence-electron chi connectivity index (χ2n) is 7.64. The normalized spacial score (nSPS) is 17.3. The monoisotopic (exact) mass is 402 g/mol. The van der Waals surface area contributed by atoms with Crippen LogP contribution in [0.4, 0.5) is 0 Å². The molecule has 5 nitrogen and oxygen atoms in total. The van der Waals surface area contributed by atoms with Crippen molar-refractivity contribution in [2.24, 2.45) is 0 Å². The number of hydrogen-bond donors (Lipinski definition) is 1. The second kappa shape index (κ2) is 8.78. The molecule has 30 heavy (non-hydrogen) atoms. The largest absolute Gasteiger partial charge is 0.457 e. The van der Waals surface area contributed by atoms with Gasteiger partial charge in [-0.1, -0.05) is 36.4 Å². The van der Waals surface area contributed by atoms with E-state index in [1.165, 1.54) is 11.1 Å². The van der Waals surface area contributed by atoms with Gasteiger partial charge in [0.2, 0.25) is 6.79 Å². The Hall–Kier alpha value is -3.02. The molecule has 1 saturated heterocycles. The maximum atomic E-state index is 6.12. The Bertz CT molecular complexity index is 985. The first kappa shape index (κ1) is 19.0. The van der Waals surface area contributed by atoms with Crippen LogP contribution in [0.1, 0.15) is 23.6 Å². The predicted octanol–water partition coefficient (Wildman–Crippen LogP) is 4.59. The number of nitrogens with one attached hydrogen (secondary N) is 1. The van der Waals surface area contributed by atoms with Crippen LogP contribution in [0.15, 0.2) is 72.8 Å². The fraction of sp³-hybridized carbons (Fsp3) is 0.280. The highest BCUT2D eigenvalue weighted by Crippen LogP contribution is 2.38. The summed E-state index contributed by atoms with van der Waals surface area (Å²) in [6, 6.07) is 24.8. The first-order chi connectivity index (χ1) is 14.9. The van der Waals surface area contributed by atoms with E-state index in [4.69, 9.17) is 14.2 Å². The Morgan fingerprint density at radius 1 is 0.767 bits per heavy atom. The molecule has 0 saturated carbocycles. The van der Waals surface area contributed by atoms with Crippen molar-refractivity contribution in [2.45, 2.75) is 12.5 Å². The van der Waals surface area contributed by atoms with Crippen molar-refractivity contribution >= 4 is 0 Å². The van der Waals surface area contributed by atoms with Crippen LogP contribution in [-0.2, 0) is 0 Å². The molecule has 0 radical (unpaired) electrons. The number of benzene rings is 3. The fourth-order valence-corrected chi connectivity index (χ4v) is 4.19. The lowest BCUT2D eigenvalue weighted by molar-refractivity contribution is 0.173. The Morgan fingerprint density at radius 3 is 2.53 bits per heavy atom. The van der Waals surface area contributed by atoms with Crippen molar-refractivity contribution < 1.29 is 14.2 Å². The van der Waals surface area contributed by atoms with Gasteiger partial charge in [0.15, 0.2) is 11.5 Å². The molecule has 0 aliphatic carbocycles. The van der Waals surface area contributed by atoms with E-state index in [0.29, 0.717) is 0 Å². The third kappa shape index (κ3) is 4.13. The molecule has 0 amide bonds. The van der Waals surface area contributed by atoms with E-state index < -0.39 is 0 Å². The molecule has 1 unspecified atom stereocenters. The third-order valence-electron chi connectivity index (χ3n) is 5.60. The minimum atomic E-state index is 0.124. The van der Waals surface area contributed by atoms with Gasteiger partial charge >= 0.3 is 0 Å². The lowest BCUT2D eigenvalue weighted by atomic mass is 9.96. The molecule has 3 aromatic rings. The summed E-state index contributed by atoms with van der Waals surface area (Å²) in [6.07, 6.45) is 1.13. The summed E-state index contributed by atoms with van der Waals surface area (Å²) in [6.45, 7) is 4.36. The molecule has 2 aliphatic rings. The molecule has 1 N–H and O–H groups in total. The van der Waals surface area contributed by atoms with Crippen LogP contribution in [-0.4, -0.2) is 37.9 Å². The van der Waals surface area contributed by atoms with Crippen LogP contribution in [0.5, 0.6) is 23.0 Å². The summed E-state index contributed by atoms with van der Waals surface area (Å²) in [5.41, 5.74) is 2.42. The molecule has 0 bridgehead atoms. The van der Waals surface area contributed by atoms with E-state index in [1.54, 1.807) is 0 Å². The van der Waals surface area contributed by atoms with Gasteiger partial charge in [-0.05, 0) is 60.5 Å². The Morgan fingerprint density at radius 2 is 1.60 bits per heavy atom. The van der Waals surface area contributed by atoms with Crippen molar-refractivity contribution in [2.75, 3.05) is 33.0 Å². The molecule has 5 heteroatoms. The maximum Gasteiger partial charge on any atom is 0.231 e. The molecule has 0 spiro atoms. The number of fused-ring (bicyclic) bond motifs is 1. The van der Waals surface area contributed by atoms with Crippen LogP contribution in [0.25, 0.3) is 0 Å². The predicted molar refractivity (Wildman–Crippen MR) is 116 cm³/mol. The molecule has 154 valence electrons. The lowest BCUT2D eigenvalue weighted by Crippen LogP contribution is -2.33. The van der Waals surface area contributed by atoms with Crippen molar-refractivity contribution in [1.82, 2.24) is 10.2 Å². The number of ether oxygens (including phenoxy) is 3. The number of nitrogens with zero attached hydrogens (tertiary/aromatic N) is 1. The summed E-state index contributed by atoms with van der Waals surface area (Å²) >= 11 is 0. The smallest absolute Gasteiger partial charge is 0.231 e.